The zero-order valence-electron chi connectivity index (χ0n) is 16.5. The summed E-state index contributed by atoms with van der Waals surface area (Å²) in [5.41, 5.74) is 2.86. The van der Waals surface area contributed by atoms with E-state index in [0.717, 1.165) is 29.7 Å². The van der Waals surface area contributed by atoms with Gasteiger partial charge in [0.15, 0.2) is 11.5 Å². The summed E-state index contributed by atoms with van der Waals surface area (Å²) in [4.78, 5) is 0. The van der Waals surface area contributed by atoms with Crippen molar-refractivity contribution < 1.29 is 18.3 Å². The monoisotopic (exact) mass is 453 g/mol. The van der Waals surface area contributed by atoms with Crippen molar-refractivity contribution in [2.75, 3.05) is 13.7 Å². The van der Waals surface area contributed by atoms with E-state index in [4.69, 9.17) is 21.1 Å². The maximum absolute atomic E-state index is 13.0. The number of rotatable bonds is 9. The molecule has 3 rings (SSSR count). The molecule has 0 unspecified atom stereocenters. The summed E-state index contributed by atoms with van der Waals surface area (Å²) in [6.45, 7) is 1.61. The van der Waals surface area contributed by atoms with Gasteiger partial charge in [0.05, 0.1) is 12.1 Å². The molecule has 0 aliphatic heterocycles. The zero-order chi connectivity index (χ0) is 20.6. The molecule has 7 heteroatoms. The third-order valence-electron chi connectivity index (χ3n) is 4.42. The summed E-state index contributed by atoms with van der Waals surface area (Å²) in [5, 5.41) is 3.79. The molecule has 0 fully saturated rings. The van der Waals surface area contributed by atoms with Crippen molar-refractivity contribution in [2.45, 2.75) is 19.6 Å². The Morgan fingerprint density at radius 2 is 1.47 bits per heavy atom. The lowest BCUT2D eigenvalue weighted by Crippen LogP contribution is -2.16. The summed E-state index contributed by atoms with van der Waals surface area (Å²) in [7, 11) is 1.56. The van der Waals surface area contributed by atoms with Gasteiger partial charge in [0, 0.05) is 6.54 Å². The Kier molecular flexibility index (Phi) is 9.37. The Balaban J connectivity index is 0.00000320. The van der Waals surface area contributed by atoms with E-state index in [1.54, 1.807) is 31.4 Å². The van der Waals surface area contributed by atoms with Crippen molar-refractivity contribution in [3.63, 3.8) is 0 Å². The van der Waals surface area contributed by atoms with Gasteiger partial charge in [0.25, 0.3) is 0 Å². The number of ether oxygens (including phenoxy) is 2. The molecule has 0 radical (unpaired) electrons. The Labute approximate surface area is 186 Å². The molecule has 0 aromatic heterocycles. The molecule has 0 spiro atoms. The second kappa shape index (κ2) is 11.7. The minimum atomic E-state index is -0.291. The van der Waals surface area contributed by atoms with Crippen LogP contribution in [-0.2, 0) is 19.6 Å². The zero-order valence-corrected chi connectivity index (χ0v) is 18.0. The number of benzene rings is 3. The average Bonchev–Trinajstić information content (AvgIpc) is 2.72. The smallest absolute Gasteiger partial charge is 0.180 e. The predicted octanol–water partition coefficient (Wildman–Crippen LogP) is 5.96. The van der Waals surface area contributed by atoms with E-state index in [1.165, 1.54) is 24.3 Å². The van der Waals surface area contributed by atoms with Crippen LogP contribution in [0.25, 0.3) is 0 Å². The van der Waals surface area contributed by atoms with Crippen molar-refractivity contribution in [1.29, 1.82) is 0 Å². The quantitative estimate of drug-likeness (QED) is 0.405. The fraction of sp³-hybridized carbons (Fsp3) is 0.217. The molecule has 3 aromatic rings. The van der Waals surface area contributed by atoms with E-state index in [1.807, 2.05) is 12.1 Å². The lowest BCUT2D eigenvalue weighted by Gasteiger charge is -2.15. The Hall–Kier alpha value is -2.34. The highest BCUT2D eigenvalue weighted by Gasteiger charge is 2.12. The molecule has 0 amide bonds. The molecule has 0 bridgehead atoms. The standard InChI is InChI=1S/C23H22ClF2NO2.ClH/c1-28-22-13-18(14-27-11-10-16-2-6-19(25)7-3-16)12-21(24)23(22)29-15-17-4-8-20(26)9-5-17;/h2-9,12-13,27H,10-11,14-15H2,1H3;1H. The third-order valence-corrected chi connectivity index (χ3v) is 4.70. The van der Waals surface area contributed by atoms with E-state index in [0.29, 0.717) is 23.1 Å². The van der Waals surface area contributed by atoms with Crippen LogP contribution in [0, 0.1) is 11.6 Å². The van der Waals surface area contributed by atoms with Gasteiger partial charge in [-0.15, -0.1) is 12.4 Å². The Bertz CT molecular complexity index is 935. The largest absolute Gasteiger partial charge is 0.493 e. The van der Waals surface area contributed by atoms with Crippen LogP contribution in [-0.4, -0.2) is 13.7 Å². The normalized spacial score (nSPS) is 10.4. The van der Waals surface area contributed by atoms with Gasteiger partial charge in [-0.05, 0) is 66.1 Å². The fourth-order valence-electron chi connectivity index (χ4n) is 2.87. The van der Waals surface area contributed by atoms with Crippen LogP contribution in [0.2, 0.25) is 5.02 Å². The summed E-state index contributed by atoms with van der Waals surface area (Å²) >= 11 is 6.40. The SMILES string of the molecule is COc1cc(CNCCc2ccc(F)cc2)cc(Cl)c1OCc1ccc(F)cc1.Cl. The van der Waals surface area contributed by atoms with Crippen LogP contribution in [0.5, 0.6) is 11.5 Å². The number of hydrogen-bond acceptors (Lipinski definition) is 3. The lowest BCUT2D eigenvalue weighted by atomic mass is 10.1. The molecule has 0 saturated heterocycles. The highest BCUT2D eigenvalue weighted by Crippen LogP contribution is 2.37. The molecule has 160 valence electrons. The van der Waals surface area contributed by atoms with E-state index in [-0.39, 0.29) is 30.6 Å². The van der Waals surface area contributed by atoms with Crippen molar-refractivity contribution in [3.8, 4) is 11.5 Å². The lowest BCUT2D eigenvalue weighted by molar-refractivity contribution is 0.284. The van der Waals surface area contributed by atoms with Crippen LogP contribution in [0.4, 0.5) is 8.78 Å². The topological polar surface area (TPSA) is 30.5 Å². The molecule has 3 nitrogen and oxygen atoms in total. The minimum absolute atomic E-state index is 0. The maximum atomic E-state index is 13.0. The molecule has 0 aliphatic carbocycles. The van der Waals surface area contributed by atoms with E-state index in [2.05, 4.69) is 5.32 Å². The average molecular weight is 454 g/mol. The van der Waals surface area contributed by atoms with Gasteiger partial charge in [-0.25, -0.2) is 8.78 Å². The molecule has 0 atom stereocenters. The fourth-order valence-corrected chi connectivity index (χ4v) is 3.16. The van der Waals surface area contributed by atoms with Crippen LogP contribution in [0.15, 0.2) is 60.7 Å². The molecular weight excluding hydrogens is 431 g/mol. The first-order valence-corrected chi connectivity index (χ1v) is 9.62. The van der Waals surface area contributed by atoms with Crippen LogP contribution < -0.4 is 14.8 Å². The Morgan fingerprint density at radius 1 is 0.867 bits per heavy atom. The van der Waals surface area contributed by atoms with Crippen LogP contribution >= 0.6 is 24.0 Å². The van der Waals surface area contributed by atoms with Gasteiger partial charge in [0.1, 0.15) is 18.2 Å². The molecule has 30 heavy (non-hydrogen) atoms. The third kappa shape index (κ3) is 6.87. The second-order valence-corrected chi connectivity index (χ2v) is 6.98. The molecule has 0 saturated carbocycles. The van der Waals surface area contributed by atoms with Crippen molar-refractivity contribution >= 4 is 24.0 Å². The predicted molar refractivity (Wildman–Crippen MR) is 118 cm³/mol. The summed E-state index contributed by atoms with van der Waals surface area (Å²) < 4.78 is 37.2. The van der Waals surface area contributed by atoms with Gasteiger partial charge in [-0.1, -0.05) is 35.9 Å². The summed E-state index contributed by atoms with van der Waals surface area (Å²) in [6.07, 6.45) is 0.796. The van der Waals surface area contributed by atoms with Gasteiger partial charge >= 0.3 is 0 Å². The van der Waals surface area contributed by atoms with Gasteiger partial charge in [0.2, 0.25) is 0 Å². The minimum Gasteiger partial charge on any atom is -0.493 e. The van der Waals surface area contributed by atoms with E-state index in [9.17, 15) is 8.78 Å². The second-order valence-electron chi connectivity index (χ2n) is 6.58. The highest BCUT2D eigenvalue weighted by atomic mass is 35.5. The molecule has 3 aromatic carbocycles. The summed E-state index contributed by atoms with van der Waals surface area (Å²) in [6, 6.07) is 16.3. The molecule has 0 heterocycles. The van der Waals surface area contributed by atoms with Crippen LogP contribution in [0.1, 0.15) is 16.7 Å². The number of nitrogens with one attached hydrogen (secondary N) is 1. The molecule has 0 aliphatic rings. The van der Waals surface area contributed by atoms with Crippen molar-refractivity contribution in [2.24, 2.45) is 0 Å². The van der Waals surface area contributed by atoms with Gasteiger partial charge < -0.3 is 14.8 Å². The number of hydrogen-bond donors (Lipinski definition) is 1. The molecular formula is C23H23Cl2F2NO2. The number of methoxy groups -OCH3 is 1. The Morgan fingerprint density at radius 3 is 2.07 bits per heavy atom. The van der Waals surface area contributed by atoms with Crippen molar-refractivity contribution in [1.82, 2.24) is 5.32 Å². The van der Waals surface area contributed by atoms with Crippen LogP contribution in [0.3, 0.4) is 0 Å². The highest BCUT2D eigenvalue weighted by molar-refractivity contribution is 6.32. The molecule has 1 N–H and O–H groups in total. The van der Waals surface area contributed by atoms with Gasteiger partial charge in [-0.3, -0.25) is 0 Å². The van der Waals surface area contributed by atoms with Crippen molar-refractivity contribution in [3.05, 3.63) is 94.0 Å². The van der Waals surface area contributed by atoms with E-state index < -0.39 is 0 Å². The first-order valence-electron chi connectivity index (χ1n) is 9.24. The summed E-state index contributed by atoms with van der Waals surface area (Å²) in [5.74, 6) is 0.467. The van der Waals surface area contributed by atoms with Gasteiger partial charge in [-0.2, -0.15) is 0 Å². The first kappa shape index (κ1) is 23.9. The first-order chi connectivity index (χ1) is 14.0. The maximum Gasteiger partial charge on any atom is 0.180 e. The van der Waals surface area contributed by atoms with E-state index >= 15 is 0 Å². The number of halogens is 4.